The minimum Gasteiger partial charge on any atom is -0.494 e. The molecule has 0 N–H and O–H groups in total. The number of carbonyl (C=O) groups is 1. The van der Waals surface area contributed by atoms with E-state index in [1.54, 1.807) is 0 Å². The van der Waals surface area contributed by atoms with E-state index >= 15 is 0 Å². The Kier molecular flexibility index (Phi) is 4.27. The Hall–Kier alpha value is -1.54. The highest BCUT2D eigenvalue weighted by Gasteiger charge is 2.49. The summed E-state index contributed by atoms with van der Waals surface area (Å²) in [5.74, 6) is 0.989. The van der Waals surface area contributed by atoms with E-state index in [2.05, 4.69) is 4.99 Å². The van der Waals surface area contributed by atoms with Crippen LogP contribution in [0.2, 0.25) is 0 Å². The first-order chi connectivity index (χ1) is 12.0. The molecular formula is C17H20N2O4S2. The van der Waals surface area contributed by atoms with Gasteiger partial charge in [0.05, 0.1) is 24.2 Å². The number of rotatable bonds is 4. The lowest BCUT2D eigenvalue weighted by Crippen LogP contribution is -2.37. The van der Waals surface area contributed by atoms with E-state index in [4.69, 9.17) is 4.74 Å². The van der Waals surface area contributed by atoms with Gasteiger partial charge in [-0.05, 0) is 44.0 Å². The minimum absolute atomic E-state index is 0.0550. The van der Waals surface area contributed by atoms with Gasteiger partial charge in [-0.1, -0.05) is 11.8 Å². The van der Waals surface area contributed by atoms with Gasteiger partial charge < -0.3 is 9.64 Å². The van der Waals surface area contributed by atoms with Gasteiger partial charge in [-0.15, -0.1) is 0 Å². The number of nitrogens with zero attached hydrogens (tertiary/aromatic N) is 2. The largest absolute Gasteiger partial charge is 0.494 e. The maximum atomic E-state index is 12.2. The van der Waals surface area contributed by atoms with Crippen molar-refractivity contribution in [1.82, 2.24) is 0 Å². The molecule has 2 aliphatic heterocycles. The Bertz CT molecular complexity index is 816. The van der Waals surface area contributed by atoms with Crippen LogP contribution in [0.15, 0.2) is 29.3 Å². The maximum Gasteiger partial charge on any atom is 0.251 e. The van der Waals surface area contributed by atoms with Crippen molar-refractivity contribution in [2.75, 3.05) is 23.0 Å². The third kappa shape index (κ3) is 3.42. The second-order valence-electron chi connectivity index (χ2n) is 6.60. The van der Waals surface area contributed by atoms with Crippen LogP contribution in [0.1, 0.15) is 19.8 Å². The molecule has 2 saturated heterocycles. The van der Waals surface area contributed by atoms with Gasteiger partial charge in [-0.3, -0.25) is 4.79 Å². The van der Waals surface area contributed by atoms with Crippen molar-refractivity contribution >= 4 is 38.4 Å². The highest BCUT2D eigenvalue weighted by atomic mass is 32.2. The Balaban J connectivity index is 1.66. The molecule has 0 bridgehead atoms. The number of anilines is 1. The average Bonchev–Trinajstić information content (AvgIpc) is 3.30. The van der Waals surface area contributed by atoms with E-state index in [0.29, 0.717) is 11.8 Å². The Labute approximate surface area is 151 Å². The number of benzene rings is 1. The molecule has 4 rings (SSSR count). The van der Waals surface area contributed by atoms with Crippen molar-refractivity contribution in [3.05, 3.63) is 24.3 Å². The zero-order valence-electron chi connectivity index (χ0n) is 13.9. The normalized spacial score (nSPS) is 29.0. The first kappa shape index (κ1) is 16.9. The number of fused-ring (bicyclic) bond motifs is 1. The second-order valence-corrected chi connectivity index (χ2v) is 9.96. The molecule has 1 saturated carbocycles. The lowest BCUT2D eigenvalue weighted by Gasteiger charge is -2.24. The highest BCUT2D eigenvalue weighted by Crippen LogP contribution is 2.42. The number of amides is 1. The Morgan fingerprint density at radius 3 is 2.64 bits per heavy atom. The van der Waals surface area contributed by atoms with Crippen LogP contribution in [0.4, 0.5) is 5.69 Å². The van der Waals surface area contributed by atoms with Gasteiger partial charge in [-0.2, -0.15) is 4.99 Å². The topological polar surface area (TPSA) is 76.0 Å². The van der Waals surface area contributed by atoms with Crippen molar-refractivity contribution in [3.63, 3.8) is 0 Å². The molecular weight excluding hydrogens is 360 g/mol. The van der Waals surface area contributed by atoms with Crippen molar-refractivity contribution in [2.24, 2.45) is 10.9 Å². The van der Waals surface area contributed by atoms with Gasteiger partial charge >= 0.3 is 0 Å². The third-order valence-corrected chi connectivity index (χ3v) is 7.83. The molecule has 0 spiro atoms. The Morgan fingerprint density at radius 1 is 1.28 bits per heavy atom. The van der Waals surface area contributed by atoms with Gasteiger partial charge in [0, 0.05) is 16.9 Å². The summed E-state index contributed by atoms with van der Waals surface area (Å²) in [4.78, 5) is 18.4. The summed E-state index contributed by atoms with van der Waals surface area (Å²) >= 11 is 1.42. The molecule has 0 radical (unpaired) electrons. The summed E-state index contributed by atoms with van der Waals surface area (Å²) in [6.45, 7) is 2.51. The van der Waals surface area contributed by atoms with Crippen LogP contribution in [0.3, 0.4) is 0 Å². The lowest BCUT2D eigenvalue weighted by molar-refractivity contribution is -0.118. The molecule has 1 aromatic carbocycles. The first-order valence-electron chi connectivity index (χ1n) is 8.48. The van der Waals surface area contributed by atoms with Gasteiger partial charge in [0.25, 0.3) is 5.91 Å². The third-order valence-electron chi connectivity index (χ3n) is 4.62. The van der Waals surface area contributed by atoms with Gasteiger partial charge in [0.1, 0.15) is 5.75 Å². The van der Waals surface area contributed by atoms with Crippen molar-refractivity contribution in [1.29, 1.82) is 0 Å². The summed E-state index contributed by atoms with van der Waals surface area (Å²) in [7, 11) is -3.05. The number of ether oxygens (including phenoxy) is 1. The van der Waals surface area contributed by atoms with Crippen LogP contribution < -0.4 is 9.64 Å². The van der Waals surface area contributed by atoms with E-state index in [0.717, 1.165) is 24.3 Å². The summed E-state index contributed by atoms with van der Waals surface area (Å²) < 4.78 is 29.6. The van der Waals surface area contributed by atoms with E-state index in [1.165, 1.54) is 11.8 Å². The predicted molar refractivity (Wildman–Crippen MR) is 99.1 cm³/mol. The first-order valence-corrected chi connectivity index (χ1v) is 11.2. The van der Waals surface area contributed by atoms with E-state index in [1.807, 2.05) is 36.1 Å². The fourth-order valence-corrected chi connectivity index (χ4v) is 7.17. The molecule has 3 aliphatic rings. The molecule has 3 fully saturated rings. The predicted octanol–water partition coefficient (Wildman–Crippen LogP) is 2.10. The van der Waals surface area contributed by atoms with Gasteiger partial charge in [0.15, 0.2) is 15.0 Å². The van der Waals surface area contributed by atoms with Crippen molar-refractivity contribution in [3.8, 4) is 5.75 Å². The number of hydrogen-bond acceptors (Lipinski definition) is 5. The molecule has 0 unspecified atom stereocenters. The zero-order chi connectivity index (χ0) is 17.6. The number of hydrogen-bond donors (Lipinski definition) is 0. The molecule has 134 valence electrons. The van der Waals surface area contributed by atoms with Crippen LogP contribution in [-0.4, -0.2) is 48.9 Å². The number of amidine groups is 1. The molecule has 6 nitrogen and oxygen atoms in total. The molecule has 1 aromatic rings. The second kappa shape index (κ2) is 6.32. The highest BCUT2D eigenvalue weighted by molar-refractivity contribution is 8.16. The molecule has 1 aliphatic carbocycles. The minimum atomic E-state index is -3.05. The number of carbonyl (C=O) groups excluding carboxylic acids is 1. The molecule has 0 aromatic heterocycles. The smallest absolute Gasteiger partial charge is 0.251 e. The fourth-order valence-electron chi connectivity index (χ4n) is 3.25. The molecule has 2 atom stereocenters. The number of aliphatic imine (C=N–C) groups is 1. The van der Waals surface area contributed by atoms with Crippen molar-refractivity contribution in [2.45, 2.75) is 31.1 Å². The monoisotopic (exact) mass is 380 g/mol. The van der Waals surface area contributed by atoms with Crippen LogP contribution in [0.25, 0.3) is 0 Å². The number of thioether (sulfide) groups is 1. The van der Waals surface area contributed by atoms with Crippen LogP contribution in [0, 0.1) is 5.92 Å². The standard InChI is InChI=1S/C17H20N2O4S2/c1-2-23-13-7-5-12(6-8-13)19-14-9-25(21,22)10-15(14)24-17(19)18-16(20)11-3-4-11/h5-8,11,14-15H,2-4,9-10H2,1H3/t14-,15-/m0/s1. The molecule has 25 heavy (non-hydrogen) atoms. The van der Waals surface area contributed by atoms with Crippen LogP contribution in [0.5, 0.6) is 5.75 Å². The van der Waals surface area contributed by atoms with Crippen LogP contribution in [-0.2, 0) is 14.6 Å². The zero-order valence-corrected chi connectivity index (χ0v) is 15.6. The molecule has 2 heterocycles. The summed E-state index contributed by atoms with van der Waals surface area (Å²) in [6.07, 6.45) is 1.81. The van der Waals surface area contributed by atoms with E-state index in [9.17, 15) is 13.2 Å². The van der Waals surface area contributed by atoms with Crippen LogP contribution >= 0.6 is 11.8 Å². The lowest BCUT2D eigenvalue weighted by atomic mass is 10.2. The molecule has 8 heteroatoms. The summed E-state index contributed by atoms with van der Waals surface area (Å²) in [5, 5.41) is 0.563. The average molecular weight is 380 g/mol. The quantitative estimate of drug-likeness (QED) is 0.796. The molecule has 1 amide bonds. The SMILES string of the molecule is CCOc1ccc(N2C(=NC(=O)C3CC3)S[C@H]3CS(=O)(=O)C[C@@H]32)cc1. The van der Waals surface area contributed by atoms with Gasteiger partial charge in [0.2, 0.25) is 0 Å². The van der Waals surface area contributed by atoms with Gasteiger partial charge in [-0.25, -0.2) is 8.42 Å². The van der Waals surface area contributed by atoms with Crippen molar-refractivity contribution < 1.29 is 17.9 Å². The Morgan fingerprint density at radius 2 is 2.00 bits per heavy atom. The maximum absolute atomic E-state index is 12.2. The number of sulfone groups is 1. The summed E-state index contributed by atoms with van der Waals surface area (Å²) in [6, 6.07) is 7.35. The van der Waals surface area contributed by atoms with E-state index in [-0.39, 0.29) is 34.6 Å². The fraction of sp³-hybridized carbons (Fsp3) is 0.529. The van der Waals surface area contributed by atoms with E-state index < -0.39 is 9.84 Å². The summed E-state index contributed by atoms with van der Waals surface area (Å²) in [5.41, 5.74) is 0.850.